The number of hydrogen-bond acceptors (Lipinski definition) is 18. The largest absolute Gasteiger partial charge is 0.507 e. The van der Waals surface area contributed by atoms with Gasteiger partial charge in [0.2, 0.25) is 5.78 Å². The number of carbonyl (C=O) groups is 4. The average molecular weight is 865 g/mol. The summed E-state index contributed by atoms with van der Waals surface area (Å²) in [6.45, 7) is -2.20. The van der Waals surface area contributed by atoms with Crippen LogP contribution in [0.1, 0.15) is 31.8 Å². The van der Waals surface area contributed by atoms with E-state index in [-0.39, 0.29) is 16.5 Å². The number of carboxylic acids is 2. The monoisotopic (exact) mass is 864 g/mol. The Kier molecular flexibility index (Phi) is 11.0. The molecule has 328 valence electrons. The summed E-state index contributed by atoms with van der Waals surface area (Å²) in [5.74, 6) is -10.3. The summed E-state index contributed by atoms with van der Waals surface area (Å²) in [4.78, 5) is 58.3. The van der Waals surface area contributed by atoms with Crippen LogP contribution in [-0.2, 0) is 34.1 Å². The Balaban J connectivity index is 1.59. The zero-order valence-electron chi connectivity index (χ0n) is 31.9. The van der Waals surface area contributed by atoms with Gasteiger partial charge in [0.25, 0.3) is 5.60 Å². The Bertz CT molecular complexity index is 2520. The number of aromatic hydroxyl groups is 1. The summed E-state index contributed by atoms with van der Waals surface area (Å²) >= 11 is 0. The second-order valence-electron chi connectivity index (χ2n) is 15.5. The van der Waals surface area contributed by atoms with Crippen molar-refractivity contribution in [1.82, 2.24) is 0 Å². The Morgan fingerprint density at radius 1 is 0.677 bits per heavy atom. The van der Waals surface area contributed by atoms with E-state index in [0.717, 1.165) is 6.08 Å². The summed E-state index contributed by atoms with van der Waals surface area (Å²) in [6.07, 6.45) is -24.1. The van der Waals surface area contributed by atoms with Gasteiger partial charge in [0.15, 0.2) is 24.0 Å². The summed E-state index contributed by atoms with van der Waals surface area (Å²) in [7, 11) is 0. The number of hydrogen-bond donors (Lipinski definition) is 12. The van der Waals surface area contributed by atoms with E-state index in [1.807, 2.05) is 0 Å². The van der Waals surface area contributed by atoms with Crippen molar-refractivity contribution in [2.45, 2.75) is 78.7 Å². The number of aromatic carboxylic acids is 1. The van der Waals surface area contributed by atoms with Crippen molar-refractivity contribution in [3.05, 3.63) is 94.6 Å². The minimum atomic E-state index is -4.10. The van der Waals surface area contributed by atoms with Gasteiger partial charge in [0.05, 0.1) is 24.7 Å². The third kappa shape index (κ3) is 6.18. The topological polar surface area (TPSA) is 348 Å². The molecule has 8 rings (SSSR count). The number of fused-ring (bicyclic) bond motifs is 4. The highest BCUT2D eigenvalue weighted by atomic mass is 16.8. The minimum Gasteiger partial charge on any atom is -0.507 e. The van der Waals surface area contributed by atoms with Crippen molar-refractivity contribution in [2.75, 3.05) is 13.2 Å². The fourth-order valence-electron chi connectivity index (χ4n) is 9.08. The molecule has 12 N–H and O–H groups in total. The molecule has 2 aliphatic heterocycles. The summed E-state index contributed by atoms with van der Waals surface area (Å²) in [5.41, 5.74) is -10.6. The van der Waals surface area contributed by atoms with Gasteiger partial charge in [0.1, 0.15) is 60.7 Å². The molecule has 2 saturated heterocycles. The number of benzene rings is 4. The second-order valence-corrected chi connectivity index (χ2v) is 15.5. The van der Waals surface area contributed by atoms with E-state index in [2.05, 4.69) is 0 Å². The normalized spacial score (nSPS) is 35.9. The molecule has 20 nitrogen and oxygen atoms in total. The molecule has 0 bridgehead atoms. The van der Waals surface area contributed by atoms with Crippen LogP contribution in [0.15, 0.2) is 72.3 Å². The SMILES string of the molecule is O=C(O)c1cc(O)c2cc3ccccc3cc2c1C1(OC2O[C@H](CO)[C@@H](O)[C@H](O)[C@H]2O)C2=Cc3ccccc3C(=O)C2C(O)C(=O)C1(OC1O[C@H](CO)[C@@H](O)[C@H](O)[C@H]1O)C(=O)O. The van der Waals surface area contributed by atoms with E-state index in [1.165, 1.54) is 36.4 Å². The van der Waals surface area contributed by atoms with Crippen LogP contribution in [0, 0.1) is 5.92 Å². The molecule has 20 heteroatoms. The smallest absolute Gasteiger partial charge is 0.347 e. The number of aliphatic hydroxyl groups is 9. The minimum absolute atomic E-state index is 0.0235. The van der Waals surface area contributed by atoms with E-state index in [1.54, 1.807) is 24.3 Å². The standard InChI is InChI=1S/C42H40O20/c43-13-24-29(47)32(50)34(52)38(59-24)61-41(27-20-10-16-6-2-1-5-15(16)9-19(20)23(45)12-21(27)37(55)56)22-11-17-7-3-4-8-18(17)28(46)26(22)31(49)36(54)42(41,40(57)58)62-39-35(53)33(51)30(48)25(14-44)60-39/h1-12,24-26,29-35,38-39,43-45,47-53H,13-14H2,(H,55,56)(H,57,58)/t24-,25-,26?,29-,30-,31?,32+,33+,34-,35-,38?,39?,41?,42?/m1/s1. The molecule has 2 aliphatic carbocycles. The van der Waals surface area contributed by atoms with E-state index in [9.17, 15) is 75.7 Å². The van der Waals surface area contributed by atoms with Gasteiger partial charge in [-0.05, 0) is 45.5 Å². The van der Waals surface area contributed by atoms with Crippen molar-refractivity contribution in [3.8, 4) is 5.75 Å². The molecule has 4 aromatic carbocycles. The predicted octanol–water partition coefficient (Wildman–Crippen LogP) is -2.11. The third-order valence-corrected chi connectivity index (χ3v) is 12.1. The number of phenols is 1. The Morgan fingerprint density at radius 2 is 1.21 bits per heavy atom. The Labute approximate surface area is 348 Å². The predicted molar refractivity (Wildman–Crippen MR) is 205 cm³/mol. The maximum absolute atomic E-state index is 15.4. The fraction of sp³-hybridized carbons (Fsp3) is 0.381. The van der Waals surface area contributed by atoms with E-state index < -0.39 is 149 Å². The van der Waals surface area contributed by atoms with Crippen LogP contribution in [0.25, 0.3) is 27.6 Å². The van der Waals surface area contributed by atoms with Gasteiger partial charge in [-0.25, -0.2) is 9.59 Å². The van der Waals surface area contributed by atoms with E-state index >= 15 is 4.79 Å². The molecule has 0 aromatic heterocycles. The van der Waals surface area contributed by atoms with Crippen LogP contribution >= 0.6 is 0 Å². The lowest BCUT2D eigenvalue weighted by Gasteiger charge is -2.57. The van der Waals surface area contributed by atoms with Crippen molar-refractivity contribution < 1.29 is 99.4 Å². The lowest BCUT2D eigenvalue weighted by molar-refractivity contribution is -0.369. The van der Waals surface area contributed by atoms with Crippen molar-refractivity contribution in [3.63, 3.8) is 0 Å². The number of aliphatic carboxylic acids is 1. The highest BCUT2D eigenvalue weighted by Crippen LogP contribution is 2.60. The molecule has 1 saturated carbocycles. The summed E-state index contributed by atoms with van der Waals surface area (Å²) in [6, 6.07) is 15.2. The molecule has 4 aliphatic rings. The number of rotatable bonds is 9. The maximum Gasteiger partial charge on any atom is 0.347 e. The number of carbonyl (C=O) groups excluding carboxylic acids is 2. The van der Waals surface area contributed by atoms with Gasteiger partial charge < -0.3 is 80.2 Å². The van der Waals surface area contributed by atoms with Gasteiger partial charge >= 0.3 is 11.9 Å². The van der Waals surface area contributed by atoms with Gasteiger partial charge in [-0.2, -0.15) is 0 Å². The van der Waals surface area contributed by atoms with Crippen molar-refractivity contribution in [1.29, 1.82) is 0 Å². The number of ketones is 2. The van der Waals surface area contributed by atoms with Gasteiger partial charge in [-0.1, -0.05) is 54.6 Å². The van der Waals surface area contributed by atoms with Crippen molar-refractivity contribution in [2.24, 2.45) is 5.92 Å². The summed E-state index contributed by atoms with van der Waals surface area (Å²) in [5, 5.41) is 133. The van der Waals surface area contributed by atoms with Crippen LogP contribution < -0.4 is 0 Å². The molecule has 0 spiro atoms. The molecule has 0 amide bonds. The van der Waals surface area contributed by atoms with Crippen molar-refractivity contribution >= 4 is 51.1 Å². The molecule has 14 atom stereocenters. The van der Waals surface area contributed by atoms with Gasteiger partial charge in [-0.3, -0.25) is 9.59 Å². The molecular weight excluding hydrogens is 824 g/mol. The lowest BCUT2D eigenvalue weighted by Crippen LogP contribution is -2.77. The second kappa shape index (κ2) is 15.8. The Morgan fingerprint density at radius 3 is 1.76 bits per heavy atom. The van der Waals surface area contributed by atoms with Crippen LogP contribution in [0.5, 0.6) is 5.75 Å². The first-order valence-corrected chi connectivity index (χ1v) is 19.1. The Hall–Kier alpha value is -5.30. The van der Waals surface area contributed by atoms with Crippen LogP contribution in [-0.4, -0.2) is 171 Å². The van der Waals surface area contributed by atoms with Crippen LogP contribution in [0.2, 0.25) is 0 Å². The highest BCUT2D eigenvalue weighted by Gasteiger charge is 2.77. The number of ether oxygens (including phenoxy) is 4. The molecule has 62 heavy (non-hydrogen) atoms. The zero-order chi connectivity index (χ0) is 44.7. The molecule has 3 fully saturated rings. The number of carboxylic acid groups (broad SMARTS) is 2. The van der Waals surface area contributed by atoms with E-state index in [0.29, 0.717) is 16.8 Å². The average Bonchev–Trinajstić information content (AvgIpc) is 3.26. The quantitative estimate of drug-likeness (QED) is 0.0632. The van der Waals surface area contributed by atoms with Gasteiger partial charge in [0, 0.05) is 16.5 Å². The molecule has 4 aromatic rings. The van der Waals surface area contributed by atoms with E-state index in [4.69, 9.17) is 18.9 Å². The molecular formula is C42H40O20. The first-order valence-electron chi connectivity index (χ1n) is 19.1. The first-order chi connectivity index (χ1) is 29.4. The molecule has 6 unspecified atom stereocenters. The fourth-order valence-corrected chi connectivity index (χ4v) is 9.08. The number of aliphatic hydroxyl groups excluding tert-OH is 9. The molecule has 2 heterocycles. The van der Waals surface area contributed by atoms with Crippen LogP contribution in [0.4, 0.5) is 0 Å². The van der Waals surface area contributed by atoms with Crippen LogP contribution in [0.3, 0.4) is 0 Å². The highest BCUT2D eigenvalue weighted by molar-refractivity contribution is 6.20. The maximum atomic E-state index is 15.4. The summed E-state index contributed by atoms with van der Waals surface area (Å²) < 4.78 is 23.9. The lowest BCUT2D eigenvalue weighted by atomic mass is 9.55. The number of Topliss-reactive ketones (excluding diaryl/α,β-unsaturated/α-hetero) is 2. The zero-order valence-corrected chi connectivity index (χ0v) is 31.9. The third-order valence-electron chi connectivity index (χ3n) is 12.1. The molecule has 0 radical (unpaired) electrons. The van der Waals surface area contributed by atoms with Gasteiger partial charge in [-0.15, -0.1) is 0 Å². The first kappa shape index (κ1) is 43.4. The number of phenolic OH excluding ortho intramolecular Hbond substituents is 1.